The fraction of sp³-hybridized carbons (Fsp3) is 0.778. The summed E-state index contributed by atoms with van der Waals surface area (Å²) in [7, 11) is 0. The van der Waals surface area contributed by atoms with Crippen LogP contribution in [0.3, 0.4) is 0 Å². The van der Waals surface area contributed by atoms with Gasteiger partial charge in [0.1, 0.15) is 11.4 Å². The summed E-state index contributed by atoms with van der Waals surface area (Å²) in [5.74, 6) is -0.0176. The van der Waals surface area contributed by atoms with Crippen LogP contribution in [0.25, 0.3) is 0 Å². The van der Waals surface area contributed by atoms with Gasteiger partial charge in [0.25, 0.3) is 0 Å². The van der Waals surface area contributed by atoms with E-state index in [0.717, 1.165) is 6.42 Å². The maximum atomic E-state index is 12.3. The molecule has 0 heterocycles. The summed E-state index contributed by atoms with van der Waals surface area (Å²) < 4.78 is 5.52. The van der Waals surface area contributed by atoms with E-state index in [9.17, 15) is 9.59 Å². The number of hydrogen-bond donors (Lipinski definition) is 0. The van der Waals surface area contributed by atoms with Gasteiger partial charge in [0.05, 0.1) is 5.92 Å². The second-order valence-corrected chi connectivity index (χ2v) is 8.23. The molecule has 3 heteroatoms. The topological polar surface area (TPSA) is 43.4 Å². The van der Waals surface area contributed by atoms with Gasteiger partial charge in [0.2, 0.25) is 0 Å². The standard InChI is InChI=1S/C18H30O3/c1-12(19)15(17(2,3)4)11-13-9-8-10-14(13)16(20)21-18(5,6)7/h8-9,13-15H,10-11H2,1-7H3/t13-,14?,15?/m1/s1. The van der Waals surface area contributed by atoms with Gasteiger partial charge in [-0.3, -0.25) is 9.59 Å². The minimum atomic E-state index is -0.464. The molecule has 0 saturated carbocycles. The van der Waals surface area contributed by atoms with Crippen molar-refractivity contribution in [2.24, 2.45) is 23.2 Å². The van der Waals surface area contributed by atoms with E-state index in [-0.39, 0.29) is 34.9 Å². The van der Waals surface area contributed by atoms with E-state index in [4.69, 9.17) is 4.74 Å². The number of carbonyl (C=O) groups is 2. The molecule has 0 aromatic heterocycles. The van der Waals surface area contributed by atoms with E-state index in [0.29, 0.717) is 6.42 Å². The summed E-state index contributed by atoms with van der Waals surface area (Å²) in [6.45, 7) is 13.6. The molecule has 0 bridgehead atoms. The van der Waals surface area contributed by atoms with Gasteiger partial charge >= 0.3 is 5.97 Å². The highest BCUT2D eigenvalue weighted by Gasteiger charge is 2.38. The second kappa shape index (κ2) is 6.33. The SMILES string of the molecule is CC(=O)C(C[C@H]1C=CCC1C(=O)OC(C)(C)C)C(C)(C)C. The zero-order chi connectivity index (χ0) is 16.4. The van der Waals surface area contributed by atoms with Crippen molar-refractivity contribution in [1.82, 2.24) is 0 Å². The Kier molecular flexibility index (Phi) is 5.40. The molecule has 0 radical (unpaired) electrons. The molecule has 0 aliphatic heterocycles. The summed E-state index contributed by atoms with van der Waals surface area (Å²) in [5.41, 5.74) is -0.547. The number of allylic oxidation sites excluding steroid dienone is 2. The highest BCUT2D eigenvalue weighted by Crippen LogP contribution is 2.38. The van der Waals surface area contributed by atoms with Crippen molar-refractivity contribution in [2.75, 3.05) is 0 Å². The van der Waals surface area contributed by atoms with Crippen molar-refractivity contribution in [2.45, 2.75) is 66.9 Å². The molecule has 3 atom stereocenters. The van der Waals surface area contributed by atoms with Crippen LogP contribution in [0.5, 0.6) is 0 Å². The maximum absolute atomic E-state index is 12.3. The second-order valence-electron chi connectivity index (χ2n) is 8.23. The minimum absolute atomic E-state index is 0.0322. The number of hydrogen-bond acceptors (Lipinski definition) is 3. The molecule has 21 heavy (non-hydrogen) atoms. The zero-order valence-corrected chi connectivity index (χ0v) is 14.5. The molecule has 0 aromatic rings. The first kappa shape index (κ1) is 17.9. The molecule has 1 aliphatic rings. The molecule has 0 saturated heterocycles. The van der Waals surface area contributed by atoms with Crippen LogP contribution in [0.1, 0.15) is 61.3 Å². The van der Waals surface area contributed by atoms with Gasteiger partial charge in [-0.25, -0.2) is 0 Å². The van der Waals surface area contributed by atoms with Crippen molar-refractivity contribution < 1.29 is 14.3 Å². The van der Waals surface area contributed by atoms with E-state index in [2.05, 4.69) is 26.8 Å². The highest BCUT2D eigenvalue weighted by molar-refractivity contribution is 5.79. The summed E-state index contributed by atoms with van der Waals surface area (Å²) in [5, 5.41) is 0. The number of esters is 1. The average molecular weight is 294 g/mol. The van der Waals surface area contributed by atoms with E-state index in [1.54, 1.807) is 6.92 Å². The number of ether oxygens (including phenoxy) is 1. The Morgan fingerprint density at radius 1 is 1.19 bits per heavy atom. The van der Waals surface area contributed by atoms with E-state index in [1.165, 1.54) is 0 Å². The van der Waals surface area contributed by atoms with Gasteiger partial charge in [-0.1, -0.05) is 32.9 Å². The van der Waals surface area contributed by atoms with Gasteiger partial charge < -0.3 is 4.74 Å². The fourth-order valence-corrected chi connectivity index (χ4v) is 3.00. The lowest BCUT2D eigenvalue weighted by molar-refractivity contribution is -0.161. The Balaban J connectivity index is 2.79. The minimum Gasteiger partial charge on any atom is -0.460 e. The predicted octanol–water partition coefficient (Wildman–Crippen LogP) is 4.16. The lowest BCUT2D eigenvalue weighted by Crippen LogP contribution is -2.34. The third-order valence-electron chi connectivity index (χ3n) is 4.04. The van der Waals surface area contributed by atoms with Crippen LogP contribution in [-0.2, 0) is 14.3 Å². The van der Waals surface area contributed by atoms with Crippen LogP contribution in [0.4, 0.5) is 0 Å². The van der Waals surface area contributed by atoms with Crippen LogP contribution in [0.2, 0.25) is 0 Å². The molecular formula is C18H30O3. The molecule has 3 nitrogen and oxygen atoms in total. The van der Waals surface area contributed by atoms with Crippen molar-refractivity contribution >= 4 is 11.8 Å². The third kappa shape index (κ3) is 5.29. The summed E-state index contributed by atoms with van der Waals surface area (Å²) >= 11 is 0. The monoisotopic (exact) mass is 294 g/mol. The first-order chi connectivity index (χ1) is 9.42. The molecule has 2 unspecified atom stereocenters. The Morgan fingerprint density at radius 2 is 1.76 bits per heavy atom. The first-order valence-electron chi connectivity index (χ1n) is 7.82. The average Bonchev–Trinajstić information content (AvgIpc) is 2.69. The van der Waals surface area contributed by atoms with Gasteiger partial charge in [0.15, 0.2) is 0 Å². The van der Waals surface area contributed by atoms with Crippen molar-refractivity contribution in [3.63, 3.8) is 0 Å². The summed E-state index contributed by atoms with van der Waals surface area (Å²) in [4.78, 5) is 24.3. The third-order valence-corrected chi connectivity index (χ3v) is 4.04. The van der Waals surface area contributed by atoms with Crippen LogP contribution < -0.4 is 0 Å². The van der Waals surface area contributed by atoms with Gasteiger partial charge in [0, 0.05) is 5.92 Å². The maximum Gasteiger partial charge on any atom is 0.310 e. The van der Waals surface area contributed by atoms with E-state index in [1.807, 2.05) is 26.8 Å². The molecule has 0 aromatic carbocycles. The van der Waals surface area contributed by atoms with Gasteiger partial charge in [-0.05, 0) is 51.9 Å². The summed E-state index contributed by atoms with van der Waals surface area (Å²) in [6, 6.07) is 0. The number of ketones is 1. The van der Waals surface area contributed by atoms with E-state index >= 15 is 0 Å². The molecule has 0 spiro atoms. The van der Waals surface area contributed by atoms with E-state index < -0.39 is 5.60 Å². The van der Waals surface area contributed by atoms with Crippen molar-refractivity contribution in [1.29, 1.82) is 0 Å². The Hall–Kier alpha value is -1.12. The predicted molar refractivity (Wildman–Crippen MR) is 84.8 cm³/mol. The van der Waals surface area contributed by atoms with Crippen molar-refractivity contribution in [3.8, 4) is 0 Å². The quantitative estimate of drug-likeness (QED) is 0.577. The highest BCUT2D eigenvalue weighted by atomic mass is 16.6. The molecule has 0 amide bonds. The van der Waals surface area contributed by atoms with Gasteiger partial charge in [-0.2, -0.15) is 0 Å². The summed E-state index contributed by atoms with van der Waals surface area (Å²) in [6.07, 6.45) is 5.56. The molecule has 1 aliphatic carbocycles. The molecule has 1 rings (SSSR count). The van der Waals surface area contributed by atoms with Crippen LogP contribution in [0.15, 0.2) is 12.2 Å². The molecular weight excluding hydrogens is 264 g/mol. The smallest absolute Gasteiger partial charge is 0.310 e. The van der Waals surface area contributed by atoms with Crippen LogP contribution in [0, 0.1) is 23.2 Å². The Bertz CT molecular complexity index is 421. The normalized spacial score (nSPS) is 24.0. The lowest BCUT2D eigenvalue weighted by Gasteiger charge is -2.32. The largest absolute Gasteiger partial charge is 0.460 e. The fourth-order valence-electron chi connectivity index (χ4n) is 3.00. The van der Waals surface area contributed by atoms with Crippen LogP contribution in [-0.4, -0.2) is 17.4 Å². The van der Waals surface area contributed by atoms with Gasteiger partial charge in [-0.15, -0.1) is 0 Å². The first-order valence-corrected chi connectivity index (χ1v) is 7.82. The number of rotatable bonds is 4. The lowest BCUT2D eigenvalue weighted by atomic mass is 9.72. The van der Waals surface area contributed by atoms with Crippen molar-refractivity contribution in [3.05, 3.63) is 12.2 Å². The number of Topliss-reactive ketones (excluding diaryl/α,β-unsaturated/α-hetero) is 1. The molecule has 0 N–H and O–H groups in total. The Morgan fingerprint density at radius 3 is 2.19 bits per heavy atom. The Labute approximate surface area is 129 Å². The molecule has 120 valence electrons. The molecule has 0 fully saturated rings. The number of carbonyl (C=O) groups excluding carboxylic acids is 2. The zero-order valence-electron chi connectivity index (χ0n) is 14.5. The van der Waals surface area contributed by atoms with Crippen LogP contribution >= 0.6 is 0 Å².